The molecule has 2 fully saturated rings. The van der Waals surface area contributed by atoms with Gasteiger partial charge in [0.1, 0.15) is 0 Å². The van der Waals surface area contributed by atoms with Crippen LogP contribution in [0.25, 0.3) is 0 Å². The maximum absolute atomic E-state index is 3.89. The summed E-state index contributed by atoms with van der Waals surface area (Å²) in [6.07, 6.45) is 8.44. The van der Waals surface area contributed by atoms with Crippen molar-refractivity contribution < 1.29 is 0 Å². The van der Waals surface area contributed by atoms with E-state index in [1.165, 1.54) is 64.7 Å². The van der Waals surface area contributed by atoms with Crippen molar-refractivity contribution in [1.29, 1.82) is 0 Å². The Kier molecular flexibility index (Phi) is 5.92. The molecule has 2 nitrogen and oxygen atoms in total. The highest BCUT2D eigenvalue weighted by molar-refractivity contribution is 4.86. The van der Waals surface area contributed by atoms with Gasteiger partial charge >= 0.3 is 0 Å². The van der Waals surface area contributed by atoms with Crippen LogP contribution in [-0.2, 0) is 0 Å². The molecule has 0 aromatic heterocycles. The predicted molar refractivity (Wildman–Crippen MR) is 88.0 cm³/mol. The summed E-state index contributed by atoms with van der Waals surface area (Å²) >= 11 is 0. The fourth-order valence-corrected chi connectivity index (χ4v) is 3.99. The number of rotatable bonds is 6. The zero-order valence-electron chi connectivity index (χ0n) is 14.3. The first-order valence-electron chi connectivity index (χ1n) is 8.92. The van der Waals surface area contributed by atoms with Gasteiger partial charge < -0.3 is 10.2 Å². The first-order chi connectivity index (χ1) is 9.46. The molecular weight excluding hydrogens is 244 g/mol. The van der Waals surface area contributed by atoms with Crippen molar-refractivity contribution in [2.24, 2.45) is 17.3 Å². The van der Waals surface area contributed by atoms with E-state index in [-0.39, 0.29) is 0 Å². The van der Waals surface area contributed by atoms with Crippen molar-refractivity contribution in [3.63, 3.8) is 0 Å². The molecule has 20 heavy (non-hydrogen) atoms. The average Bonchev–Trinajstić information content (AvgIpc) is 2.24. The molecule has 2 atom stereocenters. The predicted octanol–water partition coefficient (Wildman–Crippen LogP) is 3.91. The molecule has 0 bridgehead atoms. The molecule has 1 N–H and O–H groups in total. The van der Waals surface area contributed by atoms with E-state index in [0.29, 0.717) is 5.41 Å². The lowest BCUT2D eigenvalue weighted by molar-refractivity contribution is 0.109. The third-order valence-electron chi connectivity index (χ3n) is 4.97. The lowest BCUT2D eigenvalue weighted by atomic mass is 9.79. The van der Waals surface area contributed by atoms with E-state index in [1.807, 2.05) is 0 Å². The molecule has 0 aromatic carbocycles. The minimum Gasteiger partial charge on any atom is -0.312 e. The van der Waals surface area contributed by atoms with Crippen molar-refractivity contribution >= 4 is 0 Å². The van der Waals surface area contributed by atoms with Crippen LogP contribution in [0.5, 0.6) is 0 Å². The Morgan fingerprint density at radius 2 is 1.85 bits per heavy atom. The van der Waals surface area contributed by atoms with E-state index < -0.39 is 0 Å². The highest BCUT2D eigenvalue weighted by Crippen LogP contribution is 2.31. The third kappa shape index (κ3) is 5.37. The molecule has 1 aliphatic heterocycles. The molecule has 1 heterocycles. The van der Waals surface area contributed by atoms with E-state index in [4.69, 9.17) is 0 Å². The highest BCUT2D eigenvalue weighted by Gasteiger charge is 2.30. The standard InChI is InChI=1S/C18H36N2/c1-5-9-20-13-16(11-18(2,3)4)10-17(14-20)19-12-15-7-6-8-15/h15-17,19H,5-14H2,1-4H3. The van der Waals surface area contributed by atoms with Crippen molar-refractivity contribution in [3.8, 4) is 0 Å². The van der Waals surface area contributed by atoms with Crippen LogP contribution in [0, 0.1) is 17.3 Å². The van der Waals surface area contributed by atoms with Crippen LogP contribution in [0.15, 0.2) is 0 Å². The van der Waals surface area contributed by atoms with Crippen molar-refractivity contribution in [2.75, 3.05) is 26.2 Å². The number of nitrogens with zero attached hydrogens (tertiary/aromatic N) is 1. The Bertz CT molecular complexity index is 278. The molecule has 0 radical (unpaired) electrons. The first kappa shape index (κ1) is 16.3. The van der Waals surface area contributed by atoms with Gasteiger partial charge in [-0.2, -0.15) is 0 Å². The molecule has 1 saturated heterocycles. The molecule has 0 aromatic rings. The Morgan fingerprint density at radius 3 is 2.40 bits per heavy atom. The van der Waals surface area contributed by atoms with E-state index in [0.717, 1.165) is 17.9 Å². The molecule has 0 amide bonds. The number of piperidine rings is 1. The number of likely N-dealkylation sites (tertiary alicyclic amines) is 1. The summed E-state index contributed by atoms with van der Waals surface area (Å²) in [7, 11) is 0. The monoisotopic (exact) mass is 280 g/mol. The van der Waals surface area contributed by atoms with Crippen LogP contribution in [0.3, 0.4) is 0 Å². The lowest BCUT2D eigenvalue weighted by Crippen LogP contribution is -2.51. The second-order valence-corrected chi connectivity index (χ2v) is 8.53. The third-order valence-corrected chi connectivity index (χ3v) is 4.97. The number of nitrogens with one attached hydrogen (secondary N) is 1. The number of hydrogen-bond acceptors (Lipinski definition) is 2. The molecule has 1 saturated carbocycles. The van der Waals surface area contributed by atoms with Crippen molar-refractivity contribution in [1.82, 2.24) is 10.2 Å². The minimum atomic E-state index is 0.471. The highest BCUT2D eigenvalue weighted by atomic mass is 15.2. The largest absolute Gasteiger partial charge is 0.312 e. The Morgan fingerprint density at radius 1 is 1.10 bits per heavy atom. The molecule has 2 rings (SSSR count). The summed E-state index contributed by atoms with van der Waals surface area (Å²) in [5, 5.41) is 3.89. The molecule has 0 spiro atoms. The minimum absolute atomic E-state index is 0.471. The zero-order chi connectivity index (χ0) is 14.6. The van der Waals surface area contributed by atoms with Gasteiger partial charge in [-0.05, 0) is 62.4 Å². The molecule has 2 aliphatic rings. The van der Waals surface area contributed by atoms with E-state index in [1.54, 1.807) is 0 Å². The fraction of sp³-hybridized carbons (Fsp3) is 1.00. The second-order valence-electron chi connectivity index (χ2n) is 8.53. The van der Waals surface area contributed by atoms with Crippen molar-refractivity contribution in [3.05, 3.63) is 0 Å². The van der Waals surface area contributed by atoms with Gasteiger partial charge in [-0.25, -0.2) is 0 Å². The van der Waals surface area contributed by atoms with Crippen LogP contribution in [0.2, 0.25) is 0 Å². The Balaban J connectivity index is 1.82. The summed E-state index contributed by atoms with van der Waals surface area (Å²) in [6, 6.07) is 0.739. The zero-order valence-corrected chi connectivity index (χ0v) is 14.3. The SMILES string of the molecule is CCCN1CC(CC(C)(C)C)CC(NCC2CCC2)C1. The van der Waals surface area contributed by atoms with Gasteiger partial charge in [-0.1, -0.05) is 34.1 Å². The summed E-state index contributed by atoms with van der Waals surface area (Å²) < 4.78 is 0. The second kappa shape index (κ2) is 7.26. The maximum atomic E-state index is 3.89. The fourth-order valence-electron chi connectivity index (χ4n) is 3.99. The Hall–Kier alpha value is -0.0800. The molecule has 2 unspecified atom stereocenters. The summed E-state index contributed by atoms with van der Waals surface area (Å²) in [5.74, 6) is 1.87. The molecular formula is C18H36N2. The summed E-state index contributed by atoms with van der Waals surface area (Å²) in [6.45, 7) is 14.6. The van der Waals surface area contributed by atoms with Gasteiger partial charge in [-0.15, -0.1) is 0 Å². The van der Waals surface area contributed by atoms with E-state index >= 15 is 0 Å². The van der Waals surface area contributed by atoms with Gasteiger partial charge in [0.25, 0.3) is 0 Å². The van der Waals surface area contributed by atoms with Crippen LogP contribution in [0.1, 0.15) is 66.2 Å². The molecule has 118 valence electrons. The van der Waals surface area contributed by atoms with E-state index in [2.05, 4.69) is 37.9 Å². The van der Waals surface area contributed by atoms with Gasteiger partial charge in [0.2, 0.25) is 0 Å². The van der Waals surface area contributed by atoms with Crippen LogP contribution in [-0.4, -0.2) is 37.1 Å². The lowest BCUT2D eigenvalue weighted by Gasteiger charge is -2.41. The van der Waals surface area contributed by atoms with E-state index in [9.17, 15) is 0 Å². The quantitative estimate of drug-likeness (QED) is 0.793. The first-order valence-corrected chi connectivity index (χ1v) is 8.92. The van der Waals surface area contributed by atoms with Crippen LogP contribution < -0.4 is 5.32 Å². The van der Waals surface area contributed by atoms with Gasteiger partial charge in [-0.3, -0.25) is 0 Å². The van der Waals surface area contributed by atoms with Crippen LogP contribution in [0.4, 0.5) is 0 Å². The van der Waals surface area contributed by atoms with Gasteiger partial charge in [0.15, 0.2) is 0 Å². The average molecular weight is 280 g/mol. The topological polar surface area (TPSA) is 15.3 Å². The van der Waals surface area contributed by atoms with Crippen LogP contribution >= 0.6 is 0 Å². The summed E-state index contributed by atoms with van der Waals surface area (Å²) in [4.78, 5) is 2.71. The van der Waals surface area contributed by atoms with Gasteiger partial charge in [0, 0.05) is 19.1 Å². The normalized spacial score (nSPS) is 29.4. The summed E-state index contributed by atoms with van der Waals surface area (Å²) in [5.41, 5.74) is 0.471. The molecule has 1 aliphatic carbocycles. The molecule has 2 heteroatoms. The maximum Gasteiger partial charge on any atom is 0.0198 e. The van der Waals surface area contributed by atoms with Gasteiger partial charge in [0.05, 0.1) is 0 Å². The number of hydrogen-bond donors (Lipinski definition) is 1. The van der Waals surface area contributed by atoms with Crippen molar-refractivity contribution in [2.45, 2.75) is 72.3 Å². The smallest absolute Gasteiger partial charge is 0.0198 e. The Labute approximate surface area is 126 Å².